The molecule has 3 unspecified atom stereocenters. The van der Waals surface area contributed by atoms with Crippen molar-refractivity contribution in [1.82, 2.24) is 14.9 Å². The molecule has 0 aliphatic heterocycles. The molecule has 0 fully saturated rings. The summed E-state index contributed by atoms with van der Waals surface area (Å²) < 4.78 is 56.2. The Balaban J connectivity index is 2.30. The summed E-state index contributed by atoms with van der Waals surface area (Å²) >= 11 is 17.9. The van der Waals surface area contributed by atoms with Gasteiger partial charge in [0.1, 0.15) is 16.5 Å². The third-order valence-corrected chi connectivity index (χ3v) is 9.04. The van der Waals surface area contributed by atoms with Gasteiger partial charge in [-0.15, -0.1) is 13.2 Å². The highest BCUT2D eigenvalue weighted by Gasteiger charge is 2.33. The van der Waals surface area contributed by atoms with Gasteiger partial charge in [-0.05, 0) is 41.5 Å². The predicted molar refractivity (Wildman–Crippen MR) is 136 cm³/mol. The number of sulfonamides is 2. The van der Waals surface area contributed by atoms with E-state index < -0.39 is 49.0 Å². The first kappa shape index (κ1) is 29.3. The number of rotatable bonds is 12. The number of amides is 1. The molecule has 0 bridgehead atoms. The quantitative estimate of drug-likeness (QED) is 0.171. The van der Waals surface area contributed by atoms with E-state index in [1.807, 2.05) is 0 Å². The summed E-state index contributed by atoms with van der Waals surface area (Å²) in [5.41, 5.74) is 1.74. The van der Waals surface area contributed by atoms with Gasteiger partial charge < -0.3 is 0 Å². The smallest absolute Gasteiger partial charge is 0.262 e. The van der Waals surface area contributed by atoms with Gasteiger partial charge in [0.05, 0.1) is 0 Å². The lowest BCUT2D eigenvalue weighted by molar-refractivity contribution is -0.130. The maximum absolute atomic E-state index is 13.0. The summed E-state index contributed by atoms with van der Waals surface area (Å²) in [7, 11) is -8.61. The van der Waals surface area contributed by atoms with Gasteiger partial charge >= 0.3 is 0 Å². The number of hydrogen-bond donors (Lipinski definition) is 4. The van der Waals surface area contributed by atoms with Gasteiger partial charge in [0.25, 0.3) is 5.91 Å². The van der Waals surface area contributed by atoms with E-state index in [4.69, 9.17) is 40.0 Å². The fourth-order valence-corrected chi connectivity index (χ4v) is 6.54. The van der Waals surface area contributed by atoms with Crippen molar-refractivity contribution in [2.75, 3.05) is 6.54 Å². The zero-order valence-corrected chi connectivity index (χ0v) is 21.9. The first-order valence-electron chi connectivity index (χ1n) is 9.75. The van der Waals surface area contributed by atoms with Crippen LogP contribution >= 0.6 is 34.8 Å². The maximum Gasteiger partial charge on any atom is 0.262 e. The van der Waals surface area contributed by atoms with Crippen molar-refractivity contribution >= 4 is 60.8 Å². The van der Waals surface area contributed by atoms with E-state index in [0.717, 1.165) is 12.2 Å². The van der Waals surface area contributed by atoms with E-state index in [1.54, 1.807) is 0 Å². The van der Waals surface area contributed by atoms with Crippen molar-refractivity contribution in [1.29, 1.82) is 0 Å². The molecule has 0 saturated carbocycles. The minimum atomic E-state index is -4.33. The molecule has 0 saturated heterocycles. The number of carbonyl (C=O) groups excluding carboxylic acids is 1. The maximum atomic E-state index is 13.0. The number of carbonyl (C=O) groups is 1. The minimum Gasteiger partial charge on any atom is -0.289 e. The van der Waals surface area contributed by atoms with Crippen LogP contribution < -0.4 is 14.9 Å². The average molecular weight is 583 g/mol. The summed E-state index contributed by atoms with van der Waals surface area (Å²) in [4.78, 5) is 12.2. The fraction of sp³-hybridized carbons (Fsp3) is 0.190. The molecule has 14 heteroatoms. The van der Waals surface area contributed by atoms with E-state index in [0.29, 0.717) is 10.6 Å². The number of hydroxylamine groups is 1. The first-order valence-corrected chi connectivity index (χ1v) is 14.0. The van der Waals surface area contributed by atoms with Crippen molar-refractivity contribution < 1.29 is 26.8 Å². The standard InChI is InChI=1S/C21H22Cl3N3O6S2/c1-3-19(13-5-7-14(22)8-6-13)35(32,33)27-18(21(28)26-29)12-25-34(30,31)20(4-2)16-11-15(23)9-10-17(16)24/h3-11,18-20,25,27,29H,1-2,12H2,(H,26,28). The summed E-state index contributed by atoms with van der Waals surface area (Å²) in [6.45, 7) is 6.28. The second kappa shape index (κ2) is 12.3. The summed E-state index contributed by atoms with van der Waals surface area (Å²) in [6.07, 6.45) is 2.22. The van der Waals surface area contributed by atoms with Gasteiger partial charge in [-0.25, -0.2) is 31.8 Å². The Morgan fingerprint density at radius 1 is 0.914 bits per heavy atom. The van der Waals surface area contributed by atoms with Crippen molar-refractivity contribution in [2.24, 2.45) is 0 Å². The second-order valence-electron chi connectivity index (χ2n) is 7.11. The second-order valence-corrected chi connectivity index (χ2v) is 12.1. The molecule has 0 aliphatic carbocycles. The lowest BCUT2D eigenvalue weighted by atomic mass is 10.1. The van der Waals surface area contributed by atoms with Crippen LogP contribution in [0.25, 0.3) is 0 Å². The van der Waals surface area contributed by atoms with Crippen molar-refractivity contribution in [3.8, 4) is 0 Å². The Hall–Kier alpha value is -1.96. The molecule has 0 aromatic heterocycles. The molecule has 0 radical (unpaired) electrons. The van der Waals surface area contributed by atoms with Crippen LogP contribution in [0.2, 0.25) is 15.1 Å². The Morgan fingerprint density at radius 2 is 1.49 bits per heavy atom. The van der Waals surface area contributed by atoms with Crippen LogP contribution in [0.4, 0.5) is 0 Å². The Bertz CT molecular complexity index is 1300. The van der Waals surface area contributed by atoms with E-state index in [9.17, 15) is 21.6 Å². The molecule has 4 N–H and O–H groups in total. The molecule has 3 atom stereocenters. The predicted octanol–water partition coefficient (Wildman–Crippen LogP) is 3.51. The van der Waals surface area contributed by atoms with Crippen LogP contribution in [-0.4, -0.2) is 40.5 Å². The number of nitrogens with one attached hydrogen (secondary N) is 3. The number of hydrogen-bond acceptors (Lipinski definition) is 6. The van der Waals surface area contributed by atoms with Gasteiger partial charge in [-0.2, -0.15) is 0 Å². The molecule has 1 amide bonds. The third kappa shape index (κ3) is 7.51. The van der Waals surface area contributed by atoms with E-state index >= 15 is 0 Å². The van der Waals surface area contributed by atoms with Crippen LogP contribution in [0.5, 0.6) is 0 Å². The Morgan fingerprint density at radius 3 is 2.03 bits per heavy atom. The largest absolute Gasteiger partial charge is 0.289 e. The normalized spacial score (nSPS) is 14.5. The van der Waals surface area contributed by atoms with Gasteiger partial charge in [-0.3, -0.25) is 10.0 Å². The highest BCUT2D eigenvalue weighted by atomic mass is 35.5. The molecular formula is C21H22Cl3N3O6S2. The van der Waals surface area contributed by atoms with Gasteiger partial charge in [0.2, 0.25) is 20.0 Å². The lowest BCUT2D eigenvalue weighted by Gasteiger charge is -2.22. The van der Waals surface area contributed by atoms with Gasteiger partial charge in [-0.1, -0.05) is 59.1 Å². The highest BCUT2D eigenvalue weighted by molar-refractivity contribution is 7.90. The van der Waals surface area contributed by atoms with Crippen LogP contribution in [0.3, 0.4) is 0 Å². The Kier molecular flexibility index (Phi) is 10.3. The molecule has 0 spiro atoms. The third-order valence-electron chi connectivity index (χ3n) is 4.78. The zero-order chi connectivity index (χ0) is 26.4. The lowest BCUT2D eigenvalue weighted by Crippen LogP contribution is -2.53. The SMILES string of the molecule is C=CC(c1ccc(Cl)cc1)S(=O)(=O)NC(CNS(=O)(=O)C(C=C)c1cc(Cl)ccc1Cl)C(=O)NO. The van der Waals surface area contributed by atoms with E-state index in [2.05, 4.69) is 22.6 Å². The van der Waals surface area contributed by atoms with E-state index in [1.165, 1.54) is 47.9 Å². The van der Waals surface area contributed by atoms with Crippen LogP contribution in [0.1, 0.15) is 21.6 Å². The van der Waals surface area contributed by atoms with Crippen LogP contribution in [0, 0.1) is 0 Å². The summed E-state index contributed by atoms with van der Waals surface area (Å²) in [5.74, 6) is -1.20. The molecule has 35 heavy (non-hydrogen) atoms. The monoisotopic (exact) mass is 581 g/mol. The molecule has 2 aromatic rings. The van der Waals surface area contributed by atoms with Crippen LogP contribution in [-0.2, 0) is 24.8 Å². The Labute approximate surface area is 218 Å². The molecular weight excluding hydrogens is 561 g/mol. The topological polar surface area (TPSA) is 142 Å². The molecule has 0 heterocycles. The molecule has 2 rings (SSSR count). The molecule has 9 nitrogen and oxygen atoms in total. The minimum absolute atomic E-state index is 0.104. The van der Waals surface area contributed by atoms with Gasteiger partial charge in [0, 0.05) is 21.6 Å². The van der Waals surface area contributed by atoms with Gasteiger partial charge in [0.15, 0.2) is 0 Å². The highest BCUT2D eigenvalue weighted by Crippen LogP contribution is 2.31. The van der Waals surface area contributed by atoms with E-state index in [-0.39, 0.29) is 15.6 Å². The summed E-state index contributed by atoms with van der Waals surface area (Å²) in [6, 6.07) is 8.37. The number of benzene rings is 2. The van der Waals surface area contributed by atoms with Crippen molar-refractivity contribution in [2.45, 2.75) is 16.5 Å². The molecule has 2 aromatic carbocycles. The molecule has 190 valence electrons. The van der Waals surface area contributed by atoms with Crippen molar-refractivity contribution in [3.05, 3.63) is 94.0 Å². The molecule has 0 aliphatic rings. The summed E-state index contributed by atoms with van der Waals surface area (Å²) in [5, 5.41) is 7.11. The van der Waals surface area contributed by atoms with Crippen molar-refractivity contribution in [3.63, 3.8) is 0 Å². The average Bonchev–Trinajstić information content (AvgIpc) is 2.80. The fourth-order valence-electron chi connectivity index (χ4n) is 3.07. The number of halogens is 3. The van der Waals surface area contributed by atoms with Crippen LogP contribution in [0.15, 0.2) is 67.8 Å². The zero-order valence-electron chi connectivity index (χ0n) is 18.0. The first-order chi connectivity index (χ1) is 16.4.